The molecule has 0 heterocycles. The number of amides is 2. The van der Waals surface area contributed by atoms with Crippen LogP contribution >= 0.6 is 0 Å². The minimum atomic E-state index is -0.568. The van der Waals surface area contributed by atoms with Gasteiger partial charge in [0.05, 0.1) is 5.56 Å². The molecule has 18 heavy (non-hydrogen) atoms. The zero-order chi connectivity index (χ0) is 13.7. The van der Waals surface area contributed by atoms with Crippen LogP contribution in [0.2, 0.25) is 0 Å². The maximum absolute atomic E-state index is 11.9. The van der Waals surface area contributed by atoms with Crippen molar-refractivity contribution in [2.75, 3.05) is 19.3 Å². The topological polar surface area (TPSA) is 75.4 Å². The van der Waals surface area contributed by atoms with E-state index in [1.165, 1.54) is 0 Å². The normalized spacial score (nSPS) is 11.7. The molecule has 0 bridgehead atoms. The third-order valence-electron chi connectivity index (χ3n) is 2.77. The van der Waals surface area contributed by atoms with E-state index in [1.54, 1.807) is 43.1 Å². The molecule has 0 saturated heterocycles. The molecule has 0 aliphatic rings. The second kappa shape index (κ2) is 6.05. The third kappa shape index (κ3) is 3.23. The summed E-state index contributed by atoms with van der Waals surface area (Å²) in [6.45, 7) is 4.14. The molecule has 5 heteroatoms. The van der Waals surface area contributed by atoms with Crippen LogP contribution in [0.1, 0.15) is 24.2 Å². The maximum Gasteiger partial charge on any atom is 0.254 e. The van der Waals surface area contributed by atoms with Gasteiger partial charge < -0.3 is 16.0 Å². The number of carbonyl (C=O) groups excluding carboxylic acids is 2. The largest absolute Gasteiger partial charge is 0.398 e. The van der Waals surface area contributed by atoms with E-state index >= 15 is 0 Å². The van der Waals surface area contributed by atoms with E-state index in [0.29, 0.717) is 17.8 Å². The van der Waals surface area contributed by atoms with Crippen molar-refractivity contribution in [2.24, 2.45) is 0 Å². The molecule has 0 spiro atoms. The lowest BCUT2D eigenvalue weighted by molar-refractivity contribution is -0.131. The maximum atomic E-state index is 11.9. The molecule has 5 nitrogen and oxygen atoms in total. The van der Waals surface area contributed by atoms with Gasteiger partial charge in [-0.1, -0.05) is 12.1 Å². The van der Waals surface area contributed by atoms with Crippen molar-refractivity contribution in [2.45, 2.75) is 19.9 Å². The summed E-state index contributed by atoms with van der Waals surface area (Å²) in [4.78, 5) is 25.3. The van der Waals surface area contributed by atoms with Crippen molar-refractivity contribution in [1.29, 1.82) is 0 Å². The van der Waals surface area contributed by atoms with Crippen LogP contribution in [0.15, 0.2) is 24.3 Å². The minimum absolute atomic E-state index is 0.125. The molecule has 3 N–H and O–H groups in total. The van der Waals surface area contributed by atoms with Gasteiger partial charge in [-0.25, -0.2) is 0 Å². The van der Waals surface area contributed by atoms with Crippen molar-refractivity contribution < 1.29 is 9.59 Å². The summed E-state index contributed by atoms with van der Waals surface area (Å²) >= 11 is 0. The number of nitrogen functional groups attached to an aromatic ring is 1. The van der Waals surface area contributed by atoms with Gasteiger partial charge in [0.2, 0.25) is 5.91 Å². The number of para-hydroxylation sites is 1. The highest BCUT2D eigenvalue weighted by Crippen LogP contribution is 2.10. The van der Waals surface area contributed by atoms with Gasteiger partial charge in [0, 0.05) is 19.3 Å². The Hall–Kier alpha value is -2.04. The van der Waals surface area contributed by atoms with Crippen molar-refractivity contribution >= 4 is 17.5 Å². The van der Waals surface area contributed by atoms with Crippen LogP contribution in [0.5, 0.6) is 0 Å². The summed E-state index contributed by atoms with van der Waals surface area (Å²) in [7, 11) is 1.70. The van der Waals surface area contributed by atoms with Gasteiger partial charge in [-0.05, 0) is 26.0 Å². The average molecular weight is 249 g/mol. The van der Waals surface area contributed by atoms with Gasteiger partial charge in [-0.3, -0.25) is 9.59 Å². The molecule has 0 radical (unpaired) electrons. The van der Waals surface area contributed by atoms with Gasteiger partial charge in [-0.15, -0.1) is 0 Å². The molecular formula is C13H19N3O2. The number of nitrogens with two attached hydrogens (primary N) is 1. The fourth-order valence-corrected chi connectivity index (χ4v) is 1.53. The third-order valence-corrected chi connectivity index (χ3v) is 2.77. The van der Waals surface area contributed by atoms with Crippen molar-refractivity contribution in [3.8, 4) is 0 Å². The summed E-state index contributed by atoms with van der Waals surface area (Å²) in [5, 5.41) is 2.64. The fraction of sp³-hybridized carbons (Fsp3) is 0.385. The van der Waals surface area contributed by atoms with Crippen LogP contribution in [0.3, 0.4) is 0 Å². The Bertz CT molecular complexity index is 446. The van der Waals surface area contributed by atoms with Crippen LogP contribution in [0, 0.1) is 0 Å². The second-order valence-electron chi connectivity index (χ2n) is 4.13. The van der Waals surface area contributed by atoms with E-state index in [4.69, 9.17) is 5.73 Å². The SMILES string of the molecule is CCN(C)C(=O)C(C)NC(=O)c1ccccc1N. The first-order valence-corrected chi connectivity index (χ1v) is 5.87. The molecular weight excluding hydrogens is 230 g/mol. The molecule has 1 atom stereocenters. The summed E-state index contributed by atoms with van der Waals surface area (Å²) < 4.78 is 0. The number of carbonyl (C=O) groups is 2. The lowest BCUT2D eigenvalue weighted by atomic mass is 10.1. The molecule has 0 aliphatic carbocycles. The van der Waals surface area contributed by atoms with Crippen LogP contribution in [0.4, 0.5) is 5.69 Å². The standard InChI is InChI=1S/C13H19N3O2/c1-4-16(3)13(18)9(2)15-12(17)10-7-5-6-8-11(10)14/h5-9H,4,14H2,1-3H3,(H,15,17). The van der Waals surface area contributed by atoms with Crippen molar-refractivity contribution in [1.82, 2.24) is 10.2 Å². The molecule has 2 amide bonds. The number of anilines is 1. The van der Waals surface area contributed by atoms with Gasteiger partial charge in [0.15, 0.2) is 0 Å². The highest BCUT2D eigenvalue weighted by molar-refractivity contribution is 6.01. The minimum Gasteiger partial charge on any atom is -0.398 e. The molecule has 1 unspecified atom stereocenters. The molecule has 98 valence electrons. The Balaban J connectivity index is 2.71. The predicted octanol–water partition coefficient (Wildman–Crippen LogP) is 0.865. The number of nitrogens with one attached hydrogen (secondary N) is 1. The average Bonchev–Trinajstić information content (AvgIpc) is 2.37. The fourth-order valence-electron chi connectivity index (χ4n) is 1.53. The first kappa shape index (κ1) is 14.0. The van der Waals surface area contributed by atoms with Gasteiger partial charge in [0.25, 0.3) is 5.91 Å². The van der Waals surface area contributed by atoms with E-state index < -0.39 is 6.04 Å². The summed E-state index contributed by atoms with van der Waals surface area (Å²) in [6.07, 6.45) is 0. The Morgan fingerprint density at radius 3 is 2.56 bits per heavy atom. The Morgan fingerprint density at radius 2 is 2.00 bits per heavy atom. The number of nitrogens with zero attached hydrogens (tertiary/aromatic N) is 1. The highest BCUT2D eigenvalue weighted by Gasteiger charge is 2.19. The van der Waals surface area contributed by atoms with Crippen LogP contribution in [-0.2, 0) is 4.79 Å². The van der Waals surface area contributed by atoms with E-state index in [0.717, 1.165) is 0 Å². The zero-order valence-electron chi connectivity index (χ0n) is 10.9. The molecule has 1 rings (SSSR count). The molecule has 1 aromatic carbocycles. The van der Waals surface area contributed by atoms with Crippen LogP contribution in [0.25, 0.3) is 0 Å². The van der Waals surface area contributed by atoms with E-state index in [-0.39, 0.29) is 11.8 Å². The molecule has 0 saturated carbocycles. The van der Waals surface area contributed by atoms with Crippen LogP contribution < -0.4 is 11.1 Å². The summed E-state index contributed by atoms with van der Waals surface area (Å²) in [5.74, 6) is -0.459. The first-order chi connectivity index (χ1) is 8.47. The Morgan fingerprint density at radius 1 is 1.39 bits per heavy atom. The lowest BCUT2D eigenvalue weighted by Crippen LogP contribution is -2.45. The highest BCUT2D eigenvalue weighted by atomic mass is 16.2. The van der Waals surface area contributed by atoms with Crippen molar-refractivity contribution in [3.05, 3.63) is 29.8 Å². The molecule has 1 aromatic rings. The summed E-state index contributed by atoms with van der Waals surface area (Å²) in [6, 6.07) is 6.20. The van der Waals surface area contributed by atoms with E-state index in [2.05, 4.69) is 5.32 Å². The number of hydrogen-bond donors (Lipinski definition) is 2. The van der Waals surface area contributed by atoms with E-state index in [1.807, 2.05) is 6.92 Å². The van der Waals surface area contributed by atoms with E-state index in [9.17, 15) is 9.59 Å². The smallest absolute Gasteiger partial charge is 0.254 e. The molecule has 0 fully saturated rings. The zero-order valence-corrected chi connectivity index (χ0v) is 10.9. The number of rotatable bonds is 4. The first-order valence-electron chi connectivity index (χ1n) is 5.87. The Kier molecular flexibility index (Phi) is 4.71. The van der Waals surface area contributed by atoms with Gasteiger partial charge in [0.1, 0.15) is 6.04 Å². The van der Waals surface area contributed by atoms with Crippen LogP contribution in [-0.4, -0.2) is 36.3 Å². The van der Waals surface area contributed by atoms with Gasteiger partial charge in [-0.2, -0.15) is 0 Å². The molecule has 0 aromatic heterocycles. The van der Waals surface area contributed by atoms with Crippen molar-refractivity contribution in [3.63, 3.8) is 0 Å². The second-order valence-corrected chi connectivity index (χ2v) is 4.13. The number of benzene rings is 1. The monoisotopic (exact) mass is 249 g/mol. The number of hydrogen-bond acceptors (Lipinski definition) is 3. The molecule has 0 aliphatic heterocycles. The van der Waals surface area contributed by atoms with Gasteiger partial charge >= 0.3 is 0 Å². The summed E-state index contributed by atoms with van der Waals surface area (Å²) in [5.41, 5.74) is 6.49. The quantitative estimate of drug-likeness (QED) is 0.777. The lowest BCUT2D eigenvalue weighted by Gasteiger charge is -2.20. The Labute approximate surface area is 107 Å². The predicted molar refractivity (Wildman–Crippen MR) is 71.1 cm³/mol. The number of likely N-dealkylation sites (N-methyl/N-ethyl adjacent to an activating group) is 1.